The lowest BCUT2D eigenvalue weighted by Gasteiger charge is -2.25. The van der Waals surface area contributed by atoms with Crippen molar-refractivity contribution in [3.63, 3.8) is 0 Å². The molecule has 7 heteroatoms. The van der Waals surface area contributed by atoms with Crippen LogP contribution in [0.3, 0.4) is 0 Å². The average Bonchev–Trinajstić information content (AvgIpc) is 3.57. The van der Waals surface area contributed by atoms with Crippen molar-refractivity contribution in [2.45, 2.75) is 76.8 Å². The van der Waals surface area contributed by atoms with Crippen LogP contribution in [0.4, 0.5) is 4.39 Å². The van der Waals surface area contributed by atoms with Crippen molar-refractivity contribution in [2.75, 3.05) is 39.8 Å². The molecule has 39 heavy (non-hydrogen) atoms. The number of piperidine rings is 1. The molecule has 0 aliphatic carbocycles. The van der Waals surface area contributed by atoms with Crippen LogP contribution in [-0.2, 0) is 17.6 Å². The van der Waals surface area contributed by atoms with Crippen LogP contribution in [0.1, 0.15) is 61.3 Å². The van der Waals surface area contributed by atoms with Gasteiger partial charge in [-0.3, -0.25) is 0 Å². The van der Waals surface area contributed by atoms with Crippen LogP contribution in [0.2, 0.25) is 0 Å². The van der Waals surface area contributed by atoms with Gasteiger partial charge in [0.05, 0.1) is 0 Å². The molecule has 0 saturated carbocycles. The highest BCUT2D eigenvalue weighted by molar-refractivity contribution is 7.97. The number of likely N-dealkylation sites (tertiary alicyclic amines) is 1. The molecule has 3 N–H and O–H groups in total. The maximum atomic E-state index is 13.0. The molecule has 1 atom stereocenters. The highest BCUT2D eigenvalue weighted by atomic mass is 32.2. The topological polar surface area (TPSA) is 65.4 Å². The van der Waals surface area contributed by atoms with Gasteiger partial charge in [0.25, 0.3) is 0 Å². The Labute approximate surface area is 239 Å². The Bertz CT molecular complexity index is 1100. The number of aromatic amines is 1. The molecule has 5 nitrogen and oxygen atoms in total. The maximum absolute atomic E-state index is 13.0. The lowest BCUT2D eigenvalue weighted by Crippen LogP contribution is -2.22. The molecular weight excluding hydrogens is 507 g/mol. The first kappa shape index (κ1) is 33.0. The standard InChI is InChI=1S/C16H24FN.C14H18N2S.CH5N.CH2O/c1-3-15-11-14(7-6-13(15)2)5-4-9-18-10-8-16(17)12-18;1-11-10-15-14-6-5-12(9-13(11)14)17-16-7-3-2-4-8-16;2*1-2/h6-7,11,16H,3-5,8-10,12H2,1-2H3;5-6,9-10,15H,2-4,7-8H2,1H3;2H2,1H3;1H2. The molecule has 2 saturated heterocycles. The number of nitrogens with one attached hydrogen (secondary N) is 1. The zero-order chi connectivity index (χ0) is 28.6. The summed E-state index contributed by atoms with van der Waals surface area (Å²) >= 11 is 1.91. The number of rotatable bonds is 7. The van der Waals surface area contributed by atoms with E-state index in [0.717, 1.165) is 38.8 Å². The number of nitrogens with two attached hydrogens (primary N) is 1. The molecule has 3 heterocycles. The first-order valence-electron chi connectivity index (χ1n) is 14.3. The molecule has 2 fully saturated rings. The SMILES string of the molecule is C=O.CCc1cc(CCCN2CCC(F)C2)ccc1C.CN.Cc1c[nH]c2ccc(SN3CCCCC3)cc12. The summed E-state index contributed by atoms with van der Waals surface area (Å²) in [4.78, 5) is 14.9. The third-order valence-electron chi connectivity index (χ3n) is 7.36. The minimum atomic E-state index is -0.587. The third-order valence-corrected chi connectivity index (χ3v) is 8.45. The summed E-state index contributed by atoms with van der Waals surface area (Å²) in [6.07, 6.45) is 9.67. The molecule has 0 amide bonds. The number of aryl methyl sites for hydroxylation is 4. The first-order chi connectivity index (χ1) is 19.0. The Kier molecular flexibility index (Phi) is 15.4. The largest absolute Gasteiger partial charge is 0.361 e. The number of hydrogen-bond acceptors (Lipinski definition) is 5. The van der Waals surface area contributed by atoms with Gasteiger partial charge in [-0.25, -0.2) is 8.70 Å². The van der Waals surface area contributed by atoms with Crippen LogP contribution in [0.25, 0.3) is 10.9 Å². The predicted molar refractivity (Wildman–Crippen MR) is 166 cm³/mol. The van der Waals surface area contributed by atoms with E-state index in [1.54, 1.807) is 0 Å². The Hall–Kier alpha value is -2.19. The fourth-order valence-electron chi connectivity index (χ4n) is 5.16. The van der Waals surface area contributed by atoms with E-state index in [9.17, 15) is 4.39 Å². The highest BCUT2D eigenvalue weighted by Gasteiger charge is 2.20. The Morgan fingerprint density at radius 3 is 2.44 bits per heavy atom. The Morgan fingerprint density at radius 2 is 1.77 bits per heavy atom. The monoisotopic (exact) mass is 556 g/mol. The second-order valence-electron chi connectivity index (χ2n) is 10.2. The molecule has 2 aromatic carbocycles. The molecule has 2 aliphatic heterocycles. The molecule has 5 rings (SSSR count). The molecule has 0 radical (unpaired) electrons. The summed E-state index contributed by atoms with van der Waals surface area (Å²) in [6, 6.07) is 13.5. The van der Waals surface area contributed by atoms with Crippen LogP contribution in [0, 0.1) is 13.8 Å². The predicted octanol–water partition coefficient (Wildman–Crippen LogP) is 6.89. The molecule has 216 valence electrons. The van der Waals surface area contributed by atoms with Gasteiger partial charge in [0.15, 0.2) is 0 Å². The number of benzene rings is 2. The second-order valence-corrected chi connectivity index (χ2v) is 11.3. The summed E-state index contributed by atoms with van der Waals surface area (Å²) in [5.74, 6) is 0. The van der Waals surface area contributed by atoms with E-state index in [4.69, 9.17) is 4.79 Å². The molecule has 1 aromatic heterocycles. The first-order valence-corrected chi connectivity index (χ1v) is 15.1. The zero-order valence-electron chi connectivity index (χ0n) is 24.5. The summed E-state index contributed by atoms with van der Waals surface area (Å²) in [5.41, 5.74) is 11.3. The van der Waals surface area contributed by atoms with Crippen molar-refractivity contribution in [1.82, 2.24) is 14.2 Å². The summed E-state index contributed by atoms with van der Waals surface area (Å²) in [5, 5.41) is 1.35. The van der Waals surface area contributed by atoms with Gasteiger partial charge in [-0.1, -0.05) is 31.5 Å². The quantitative estimate of drug-likeness (QED) is 0.310. The van der Waals surface area contributed by atoms with E-state index in [1.807, 2.05) is 18.7 Å². The minimum absolute atomic E-state index is 0.587. The van der Waals surface area contributed by atoms with Crippen molar-refractivity contribution in [1.29, 1.82) is 0 Å². The van der Waals surface area contributed by atoms with E-state index in [1.165, 1.54) is 77.5 Å². The van der Waals surface area contributed by atoms with Gasteiger partial charge in [0, 0.05) is 48.2 Å². The molecular formula is C32H49FN4OS. The molecule has 1 unspecified atom stereocenters. The fraction of sp³-hybridized carbons (Fsp3) is 0.531. The summed E-state index contributed by atoms with van der Waals surface area (Å²) < 4.78 is 15.5. The number of hydrogen-bond donors (Lipinski definition) is 2. The van der Waals surface area contributed by atoms with Gasteiger partial charge in [-0.05, 0) is 118 Å². The number of fused-ring (bicyclic) bond motifs is 1. The average molecular weight is 557 g/mol. The minimum Gasteiger partial charge on any atom is -0.361 e. The number of aromatic nitrogens is 1. The summed E-state index contributed by atoms with van der Waals surface area (Å²) in [6.45, 7) is 13.6. The van der Waals surface area contributed by atoms with Gasteiger partial charge in [-0.15, -0.1) is 0 Å². The molecule has 3 aromatic rings. The second kappa shape index (κ2) is 18.2. The van der Waals surface area contributed by atoms with Gasteiger partial charge in [0.1, 0.15) is 13.0 Å². The number of carbonyl (C=O) groups is 1. The van der Waals surface area contributed by atoms with E-state index in [0.29, 0.717) is 6.54 Å². The lowest BCUT2D eigenvalue weighted by molar-refractivity contribution is -0.0980. The van der Waals surface area contributed by atoms with Crippen molar-refractivity contribution in [3.8, 4) is 0 Å². The number of nitrogens with zero attached hydrogens (tertiary/aromatic N) is 2. The van der Waals surface area contributed by atoms with Gasteiger partial charge < -0.3 is 20.4 Å². The smallest absolute Gasteiger partial charge is 0.114 e. The summed E-state index contributed by atoms with van der Waals surface area (Å²) in [7, 11) is 1.50. The Morgan fingerprint density at radius 1 is 1.03 bits per heavy atom. The number of carbonyl (C=O) groups excluding carboxylic acids is 1. The van der Waals surface area contributed by atoms with Crippen molar-refractivity contribution in [3.05, 3.63) is 64.8 Å². The van der Waals surface area contributed by atoms with Crippen molar-refractivity contribution in [2.24, 2.45) is 5.73 Å². The van der Waals surface area contributed by atoms with E-state index in [2.05, 4.69) is 83.3 Å². The number of halogens is 1. The van der Waals surface area contributed by atoms with E-state index < -0.39 is 6.17 Å². The van der Waals surface area contributed by atoms with E-state index >= 15 is 0 Å². The van der Waals surface area contributed by atoms with Crippen LogP contribution in [-0.4, -0.2) is 66.9 Å². The van der Waals surface area contributed by atoms with Gasteiger partial charge in [-0.2, -0.15) is 0 Å². The number of H-pyrrole nitrogens is 1. The maximum Gasteiger partial charge on any atom is 0.114 e. The number of alkyl halides is 1. The normalized spacial score (nSPS) is 17.4. The van der Waals surface area contributed by atoms with Crippen LogP contribution in [0.5, 0.6) is 0 Å². The molecule has 0 bridgehead atoms. The van der Waals surface area contributed by atoms with Crippen LogP contribution < -0.4 is 5.73 Å². The zero-order valence-corrected chi connectivity index (χ0v) is 25.3. The van der Waals surface area contributed by atoms with Crippen molar-refractivity contribution < 1.29 is 9.18 Å². The highest BCUT2D eigenvalue weighted by Crippen LogP contribution is 2.29. The van der Waals surface area contributed by atoms with Crippen LogP contribution in [0.15, 0.2) is 47.5 Å². The fourth-order valence-corrected chi connectivity index (χ4v) is 6.20. The molecule has 2 aliphatic rings. The van der Waals surface area contributed by atoms with E-state index in [-0.39, 0.29) is 0 Å². The van der Waals surface area contributed by atoms with Crippen molar-refractivity contribution >= 4 is 29.6 Å². The van der Waals surface area contributed by atoms with Gasteiger partial charge >= 0.3 is 0 Å². The third kappa shape index (κ3) is 10.7. The van der Waals surface area contributed by atoms with Gasteiger partial charge in [0.2, 0.25) is 0 Å². The Balaban J connectivity index is 0.000000243. The van der Waals surface area contributed by atoms with Crippen LogP contribution >= 0.6 is 11.9 Å². The molecule has 0 spiro atoms. The lowest BCUT2D eigenvalue weighted by atomic mass is 10.0.